The highest BCUT2D eigenvalue weighted by atomic mass is 35.5. The Hall–Kier alpha value is -2.75. The van der Waals surface area contributed by atoms with Crippen LogP contribution in [-0.2, 0) is 31.2 Å². The first-order valence-corrected chi connectivity index (χ1v) is 10.7. The van der Waals surface area contributed by atoms with Gasteiger partial charge in [-0.05, 0) is 29.2 Å². The fourth-order valence-electron chi connectivity index (χ4n) is 2.88. The van der Waals surface area contributed by atoms with E-state index in [0.29, 0.717) is 11.6 Å². The first-order chi connectivity index (χ1) is 15.0. The highest BCUT2D eigenvalue weighted by molar-refractivity contribution is 7.48. The maximum atomic E-state index is 12.9. The van der Waals surface area contributed by atoms with Crippen molar-refractivity contribution >= 4 is 36.6 Å². The molecule has 1 heterocycles. The average Bonchev–Trinajstić information content (AvgIpc) is 3.12. The highest BCUT2D eigenvalue weighted by Gasteiger charge is 2.40. The monoisotopic (exact) mass is 492 g/mol. The molecular weight excluding hydrogens is 478 g/mol. The minimum absolute atomic E-state index is 0.00475. The fourth-order valence-corrected chi connectivity index (χ4v) is 4.13. The van der Waals surface area contributed by atoms with Gasteiger partial charge in [-0.25, -0.2) is 0 Å². The number of hydrogen-bond donors (Lipinski definition) is 0. The summed E-state index contributed by atoms with van der Waals surface area (Å²) in [6.07, 6.45) is -5.25. The predicted octanol–water partition coefficient (Wildman–Crippen LogP) is 5.67. The second-order valence-corrected chi connectivity index (χ2v) is 8.24. The molecule has 0 saturated carbocycles. The van der Waals surface area contributed by atoms with Gasteiger partial charge in [-0.15, -0.1) is 0 Å². The fraction of sp³-hybridized carbons (Fsp3) is 0.316. The van der Waals surface area contributed by atoms with Gasteiger partial charge in [0.25, 0.3) is 6.29 Å². The Morgan fingerprint density at radius 1 is 1.28 bits per heavy atom. The lowest BCUT2D eigenvalue weighted by Gasteiger charge is -2.13. The minimum atomic E-state index is -4.60. The van der Waals surface area contributed by atoms with E-state index >= 15 is 0 Å². The van der Waals surface area contributed by atoms with Gasteiger partial charge in [0.2, 0.25) is 0 Å². The van der Waals surface area contributed by atoms with Crippen LogP contribution >= 0.6 is 19.6 Å². The Balaban J connectivity index is 1.97. The number of carbonyl (C=O) groups excluding carboxylic acids is 1. The number of aryl methyl sites for hydroxylation is 1. The molecule has 8 nitrogen and oxygen atoms in total. The number of cyclic esters (lactones) is 1. The molecule has 3 rings (SSSR count). The number of benzene rings is 2. The molecule has 13 heteroatoms. The molecule has 170 valence electrons. The summed E-state index contributed by atoms with van der Waals surface area (Å²) in [4.78, 5) is 22.0. The predicted molar refractivity (Wildman–Crippen MR) is 106 cm³/mol. The lowest BCUT2D eigenvalue weighted by molar-refractivity contribution is -0.383. The molecular formula is C19H15ClF3NO7P+. The third-order valence-corrected chi connectivity index (χ3v) is 5.95. The van der Waals surface area contributed by atoms with Gasteiger partial charge in [-0.3, -0.25) is 14.9 Å². The third-order valence-electron chi connectivity index (χ3n) is 4.47. The molecule has 2 atom stereocenters. The molecule has 0 radical (unpaired) electrons. The molecule has 1 aliphatic rings. The van der Waals surface area contributed by atoms with Gasteiger partial charge < -0.3 is 9.47 Å². The smallest absolute Gasteiger partial charge is 0.455 e. The highest BCUT2D eigenvalue weighted by Crippen LogP contribution is 2.40. The van der Waals surface area contributed by atoms with E-state index in [0.717, 1.165) is 24.3 Å². The molecule has 2 unspecified atom stereocenters. The number of carbonyl (C=O) groups is 1. The lowest BCUT2D eigenvalue weighted by atomic mass is 10.1. The van der Waals surface area contributed by atoms with Crippen molar-refractivity contribution in [2.45, 2.75) is 38.7 Å². The number of ether oxygens (including phenoxy) is 2. The summed E-state index contributed by atoms with van der Waals surface area (Å²) < 4.78 is 66.9. The summed E-state index contributed by atoms with van der Waals surface area (Å²) in [6, 6.07) is 4.73. The zero-order chi connectivity index (χ0) is 23.6. The summed E-state index contributed by atoms with van der Waals surface area (Å²) in [6.45, 7) is 1.68. The van der Waals surface area contributed by atoms with Gasteiger partial charge in [-0.1, -0.05) is 23.0 Å². The van der Waals surface area contributed by atoms with Crippen molar-refractivity contribution in [3.63, 3.8) is 0 Å². The zero-order valence-corrected chi connectivity index (χ0v) is 18.0. The van der Waals surface area contributed by atoms with E-state index in [9.17, 15) is 32.6 Å². The Kier molecular flexibility index (Phi) is 7.02. The Bertz CT molecular complexity index is 1090. The molecule has 32 heavy (non-hydrogen) atoms. The van der Waals surface area contributed by atoms with E-state index < -0.39 is 42.6 Å². The van der Waals surface area contributed by atoms with Gasteiger partial charge in [0.05, 0.1) is 21.9 Å². The van der Waals surface area contributed by atoms with Crippen molar-refractivity contribution < 1.29 is 41.5 Å². The van der Waals surface area contributed by atoms with Crippen LogP contribution in [0.4, 0.5) is 18.9 Å². The first kappa shape index (κ1) is 23.9. The maximum Gasteiger partial charge on any atom is 0.560 e. The van der Waals surface area contributed by atoms with Gasteiger partial charge in [0.15, 0.2) is 0 Å². The molecule has 1 saturated heterocycles. The number of nitrogens with zero attached hydrogens (tertiary/aromatic N) is 1. The summed E-state index contributed by atoms with van der Waals surface area (Å²) in [5, 5.41) is 10.8. The van der Waals surface area contributed by atoms with E-state index in [1.165, 1.54) is 0 Å². The number of rotatable bonds is 7. The van der Waals surface area contributed by atoms with Crippen LogP contribution in [0.3, 0.4) is 0 Å². The van der Waals surface area contributed by atoms with E-state index in [2.05, 4.69) is 0 Å². The Morgan fingerprint density at radius 3 is 2.53 bits per heavy atom. The molecule has 0 amide bonds. The van der Waals surface area contributed by atoms with E-state index in [4.69, 9.17) is 25.6 Å². The summed E-state index contributed by atoms with van der Waals surface area (Å²) in [5.41, 5.74) is -1.15. The third kappa shape index (κ3) is 5.35. The van der Waals surface area contributed by atoms with E-state index in [1.807, 2.05) is 0 Å². The SMILES string of the molecule is CCc1cc([N+](=O)[O-])c([P+](=O)OC2CCC(=O)O2)cc1Oc1ccc(C(F)(F)F)cc1Cl. The van der Waals surface area contributed by atoms with Crippen molar-refractivity contribution in [2.24, 2.45) is 0 Å². The number of halogens is 4. The van der Waals surface area contributed by atoms with E-state index in [-0.39, 0.29) is 41.1 Å². The van der Waals surface area contributed by atoms with Crippen LogP contribution in [0, 0.1) is 10.1 Å². The molecule has 1 aliphatic heterocycles. The van der Waals surface area contributed by atoms with Crippen LogP contribution in [0.2, 0.25) is 5.02 Å². The van der Waals surface area contributed by atoms with Crippen LogP contribution in [-0.4, -0.2) is 17.2 Å². The summed E-state index contributed by atoms with van der Waals surface area (Å²) in [5.74, 6) is -0.671. The van der Waals surface area contributed by atoms with Crippen molar-refractivity contribution in [3.05, 3.63) is 56.6 Å². The number of hydrogen-bond acceptors (Lipinski definition) is 7. The second-order valence-electron chi connectivity index (χ2n) is 6.62. The molecule has 0 bridgehead atoms. The van der Waals surface area contributed by atoms with Crippen molar-refractivity contribution in [1.82, 2.24) is 0 Å². The molecule has 0 aromatic heterocycles. The molecule has 2 aromatic rings. The summed E-state index contributed by atoms with van der Waals surface area (Å²) in [7, 11) is -2.83. The zero-order valence-electron chi connectivity index (χ0n) is 16.3. The number of esters is 1. The van der Waals surface area contributed by atoms with Gasteiger partial charge >= 0.3 is 31.2 Å². The minimum Gasteiger partial charge on any atom is -0.455 e. The van der Waals surface area contributed by atoms with Crippen molar-refractivity contribution in [1.29, 1.82) is 0 Å². The molecule has 0 N–H and O–H groups in total. The number of alkyl halides is 3. The summed E-state index contributed by atoms with van der Waals surface area (Å²) >= 11 is 5.93. The van der Waals surface area contributed by atoms with E-state index in [1.54, 1.807) is 6.92 Å². The normalized spacial score (nSPS) is 16.6. The van der Waals surface area contributed by atoms with Crippen molar-refractivity contribution in [2.75, 3.05) is 0 Å². The largest absolute Gasteiger partial charge is 0.560 e. The Labute approximate surface area is 185 Å². The van der Waals surface area contributed by atoms with Crippen LogP contribution in [0.25, 0.3) is 0 Å². The molecule has 0 spiro atoms. The lowest BCUT2D eigenvalue weighted by Crippen LogP contribution is -2.14. The average molecular weight is 493 g/mol. The number of nitro benzene ring substituents is 1. The van der Waals surface area contributed by atoms with Crippen LogP contribution in [0.1, 0.15) is 30.9 Å². The van der Waals surface area contributed by atoms with Gasteiger partial charge in [-0.2, -0.15) is 13.2 Å². The molecule has 2 aromatic carbocycles. The molecule has 0 aliphatic carbocycles. The van der Waals surface area contributed by atoms with Gasteiger partial charge in [0, 0.05) is 24.1 Å². The van der Waals surface area contributed by atoms with Crippen LogP contribution in [0.5, 0.6) is 11.5 Å². The number of nitro groups is 1. The maximum absolute atomic E-state index is 12.9. The quantitative estimate of drug-likeness (QED) is 0.212. The topological polar surface area (TPSA) is 105 Å². The second kappa shape index (κ2) is 9.40. The standard InChI is InChI=1S/C19H15ClF3NO7P/c1-2-10-7-13(24(26)27)16(32(28)31-18-6-5-17(25)30-18)9-15(10)29-14-4-3-11(8-12(14)20)19(21,22)23/h3-4,7-9,18H,2,5-6H2,1H3/q+1. The van der Waals surface area contributed by atoms with Crippen LogP contribution < -0.4 is 10.0 Å². The Morgan fingerprint density at radius 2 is 2.00 bits per heavy atom. The van der Waals surface area contributed by atoms with Crippen molar-refractivity contribution in [3.8, 4) is 11.5 Å². The first-order valence-electron chi connectivity index (χ1n) is 9.19. The van der Waals surface area contributed by atoms with Gasteiger partial charge in [0.1, 0.15) is 11.5 Å². The molecule has 1 fully saturated rings. The van der Waals surface area contributed by atoms with Crippen LogP contribution in [0.15, 0.2) is 30.3 Å².